The van der Waals surface area contributed by atoms with Gasteiger partial charge < -0.3 is 10.2 Å². The Kier molecular flexibility index (Phi) is 2.74. The summed E-state index contributed by atoms with van der Waals surface area (Å²) in [4.78, 5) is 14.7. The monoisotopic (exact) mass is 233 g/mol. The molecule has 86 valence electrons. The second-order valence-corrected chi connectivity index (χ2v) is 3.40. The molecule has 0 amide bonds. The van der Waals surface area contributed by atoms with Crippen LogP contribution in [0, 0.1) is 5.82 Å². The summed E-state index contributed by atoms with van der Waals surface area (Å²) >= 11 is 0. The molecule has 1 aromatic carbocycles. The van der Waals surface area contributed by atoms with E-state index in [0.717, 1.165) is 6.20 Å². The molecular weight excluding hydrogens is 225 g/mol. The summed E-state index contributed by atoms with van der Waals surface area (Å²) in [6, 6.07) is 5.44. The van der Waals surface area contributed by atoms with Gasteiger partial charge >= 0.3 is 5.97 Å². The van der Waals surface area contributed by atoms with Gasteiger partial charge in [0.2, 0.25) is 0 Å². The molecule has 0 spiro atoms. The number of aromatic nitrogens is 1. The lowest BCUT2D eigenvalue weighted by molar-refractivity contribution is 0.0694. The minimum Gasteiger partial charge on any atom is -0.505 e. The van der Waals surface area contributed by atoms with Crippen LogP contribution >= 0.6 is 0 Å². The molecule has 0 aliphatic heterocycles. The normalized spacial score (nSPS) is 10.2. The van der Waals surface area contributed by atoms with Crippen LogP contribution in [0.3, 0.4) is 0 Å². The molecule has 5 heteroatoms. The van der Waals surface area contributed by atoms with Gasteiger partial charge in [0.1, 0.15) is 17.1 Å². The molecule has 0 aliphatic rings. The molecule has 17 heavy (non-hydrogen) atoms. The van der Waals surface area contributed by atoms with Gasteiger partial charge in [-0.25, -0.2) is 9.18 Å². The fraction of sp³-hybridized carbons (Fsp3) is 0. The fourth-order valence-corrected chi connectivity index (χ4v) is 1.55. The molecule has 2 aromatic rings. The molecule has 0 aliphatic carbocycles. The first kappa shape index (κ1) is 11.1. The van der Waals surface area contributed by atoms with Crippen LogP contribution < -0.4 is 0 Å². The van der Waals surface area contributed by atoms with Crippen LogP contribution in [0.5, 0.6) is 5.75 Å². The Bertz CT molecular complexity index is 584. The Morgan fingerprint density at radius 1 is 1.29 bits per heavy atom. The molecule has 0 bridgehead atoms. The zero-order chi connectivity index (χ0) is 12.4. The molecule has 0 radical (unpaired) electrons. The number of carbonyl (C=O) groups is 1. The number of hydrogen-bond acceptors (Lipinski definition) is 3. The van der Waals surface area contributed by atoms with Gasteiger partial charge in [0.15, 0.2) is 0 Å². The first-order valence-corrected chi connectivity index (χ1v) is 4.76. The van der Waals surface area contributed by atoms with Gasteiger partial charge in [-0.05, 0) is 17.7 Å². The van der Waals surface area contributed by atoms with Gasteiger partial charge in [0.05, 0.1) is 6.20 Å². The lowest BCUT2D eigenvalue weighted by Gasteiger charge is -2.07. The average Bonchev–Trinajstić information content (AvgIpc) is 2.28. The third-order valence-electron chi connectivity index (χ3n) is 2.28. The number of aromatic carboxylic acids is 1. The number of nitrogens with zero attached hydrogens (tertiary/aromatic N) is 1. The number of carboxylic acid groups (broad SMARTS) is 1. The summed E-state index contributed by atoms with van der Waals surface area (Å²) in [6.07, 6.45) is 2.31. The molecule has 0 unspecified atom stereocenters. The molecule has 2 N–H and O–H groups in total. The van der Waals surface area contributed by atoms with Gasteiger partial charge in [0, 0.05) is 11.8 Å². The minimum atomic E-state index is -1.29. The lowest BCUT2D eigenvalue weighted by Crippen LogP contribution is -2.01. The average molecular weight is 233 g/mol. The number of rotatable bonds is 2. The Hall–Kier alpha value is -2.43. The van der Waals surface area contributed by atoms with Crippen LogP contribution in [-0.4, -0.2) is 21.2 Å². The molecule has 0 saturated carbocycles. The van der Waals surface area contributed by atoms with E-state index in [1.54, 1.807) is 6.07 Å². The van der Waals surface area contributed by atoms with E-state index >= 15 is 0 Å². The number of carboxylic acids is 1. The van der Waals surface area contributed by atoms with E-state index in [1.165, 1.54) is 24.4 Å². The van der Waals surface area contributed by atoms with E-state index in [2.05, 4.69) is 4.98 Å². The number of pyridine rings is 1. The highest BCUT2D eigenvalue weighted by atomic mass is 19.1. The van der Waals surface area contributed by atoms with Gasteiger partial charge in [0.25, 0.3) is 0 Å². The van der Waals surface area contributed by atoms with E-state index in [4.69, 9.17) is 5.11 Å². The smallest absolute Gasteiger partial charge is 0.340 e. The third-order valence-corrected chi connectivity index (χ3v) is 2.28. The highest BCUT2D eigenvalue weighted by molar-refractivity contribution is 5.98. The maximum Gasteiger partial charge on any atom is 0.340 e. The van der Waals surface area contributed by atoms with Crippen molar-refractivity contribution < 1.29 is 19.4 Å². The summed E-state index contributed by atoms with van der Waals surface area (Å²) in [5.74, 6) is -2.22. The van der Waals surface area contributed by atoms with E-state index in [1.807, 2.05) is 0 Å². The van der Waals surface area contributed by atoms with E-state index in [9.17, 15) is 14.3 Å². The van der Waals surface area contributed by atoms with Gasteiger partial charge in [-0.3, -0.25) is 4.98 Å². The Balaban J connectivity index is 2.67. The summed E-state index contributed by atoms with van der Waals surface area (Å²) in [6.45, 7) is 0. The van der Waals surface area contributed by atoms with Gasteiger partial charge in [-0.15, -0.1) is 0 Å². The van der Waals surface area contributed by atoms with Crippen molar-refractivity contribution in [3.63, 3.8) is 0 Å². The number of halogens is 1. The van der Waals surface area contributed by atoms with E-state index in [0.29, 0.717) is 5.56 Å². The molecular formula is C12H8FNO3. The van der Waals surface area contributed by atoms with Crippen molar-refractivity contribution in [3.8, 4) is 16.9 Å². The van der Waals surface area contributed by atoms with Gasteiger partial charge in [-0.2, -0.15) is 0 Å². The van der Waals surface area contributed by atoms with Crippen molar-refractivity contribution in [1.29, 1.82) is 0 Å². The second kappa shape index (κ2) is 4.21. The summed E-state index contributed by atoms with van der Waals surface area (Å²) < 4.78 is 13.1. The highest BCUT2D eigenvalue weighted by Crippen LogP contribution is 2.29. The Morgan fingerprint density at radius 3 is 2.71 bits per heavy atom. The number of aromatic hydroxyl groups is 1. The SMILES string of the molecule is O=C(O)c1c(O)cncc1-c1cccc(F)c1. The topological polar surface area (TPSA) is 70.4 Å². The summed E-state index contributed by atoms with van der Waals surface area (Å²) in [5.41, 5.74) is 0.244. The quantitative estimate of drug-likeness (QED) is 0.834. The van der Waals surface area contributed by atoms with Crippen molar-refractivity contribution in [1.82, 2.24) is 4.98 Å². The van der Waals surface area contributed by atoms with Crippen molar-refractivity contribution in [3.05, 3.63) is 48.0 Å². The van der Waals surface area contributed by atoms with Crippen LogP contribution in [0.4, 0.5) is 4.39 Å². The van der Waals surface area contributed by atoms with E-state index < -0.39 is 17.5 Å². The highest BCUT2D eigenvalue weighted by Gasteiger charge is 2.17. The van der Waals surface area contributed by atoms with Crippen LogP contribution in [0.2, 0.25) is 0 Å². The van der Waals surface area contributed by atoms with Crippen LogP contribution in [0.1, 0.15) is 10.4 Å². The molecule has 1 heterocycles. The lowest BCUT2D eigenvalue weighted by atomic mass is 10.0. The van der Waals surface area contributed by atoms with Crippen molar-refractivity contribution in [2.75, 3.05) is 0 Å². The predicted octanol–water partition coefficient (Wildman–Crippen LogP) is 2.29. The number of hydrogen-bond donors (Lipinski definition) is 2. The van der Waals surface area contributed by atoms with E-state index in [-0.39, 0.29) is 11.1 Å². The fourth-order valence-electron chi connectivity index (χ4n) is 1.55. The number of benzene rings is 1. The maximum absolute atomic E-state index is 13.1. The maximum atomic E-state index is 13.1. The van der Waals surface area contributed by atoms with Crippen molar-refractivity contribution >= 4 is 5.97 Å². The largest absolute Gasteiger partial charge is 0.505 e. The Morgan fingerprint density at radius 2 is 2.06 bits per heavy atom. The molecule has 2 rings (SSSR count). The minimum absolute atomic E-state index is 0.178. The summed E-state index contributed by atoms with van der Waals surface area (Å²) in [7, 11) is 0. The predicted molar refractivity (Wildman–Crippen MR) is 58.3 cm³/mol. The molecule has 0 fully saturated rings. The Labute approximate surface area is 96.0 Å². The van der Waals surface area contributed by atoms with Gasteiger partial charge in [-0.1, -0.05) is 12.1 Å². The zero-order valence-electron chi connectivity index (χ0n) is 8.59. The first-order chi connectivity index (χ1) is 8.09. The second-order valence-electron chi connectivity index (χ2n) is 3.40. The first-order valence-electron chi connectivity index (χ1n) is 4.76. The summed E-state index contributed by atoms with van der Waals surface area (Å²) in [5, 5.41) is 18.5. The van der Waals surface area contributed by atoms with Crippen molar-refractivity contribution in [2.45, 2.75) is 0 Å². The zero-order valence-corrected chi connectivity index (χ0v) is 8.59. The van der Waals surface area contributed by atoms with Crippen LogP contribution in [0.15, 0.2) is 36.7 Å². The molecule has 0 atom stereocenters. The van der Waals surface area contributed by atoms with Crippen LogP contribution in [0.25, 0.3) is 11.1 Å². The van der Waals surface area contributed by atoms with Crippen molar-refractivity contribution in [2.24, 2.45) is 0 Å². The standard InChI is InChI=1S/C12H8FNO3/c13-8-3-1-2-7(4-8)9-5-14-6-10(15)11(9)12(16)17/h1-6,15H,(H,16,17). The molecule has 1 aromatic heterocycles. The molecule has 0 saturated heterocycles. The third kappa shape index (κ3) is 2.08. The molecule has 4 nitrogen and oxygen atoms in total. The van der Waals surface area contributed by atoms with Crippen LogP contribution in [-0.2, 0) is 0 Å².